The summed E-state index contributed by atoms with van der Waals surface area (Å²) in [7, 11) is 0. The molecule has 0 amide bonds. The number of para-hydroxylation sites is 1. The van der Waals surface area contributed by atoms with Gasteiger partial charge in [0.2, 0.25) is 0 Å². The van der Waals surface area contributed by atoms with Crippen LogP contribution in [0.1, 0.15) is 11.3 Å². The maximum Gasteiger partial charge on any atom is 0.148 e. The topological polar surface area (TPSA) is 43.8 Å². The van der Waals surface area contributed by atoms with Crippen molar-refractivity contribution in [2.75, 3.05) is 0 Å². The van der Waals surface area contributed by atoms with Gasteiger partial charge in [-0.05, 0) is 19.1 Å². The predicted molar refractivity (Wildman–Crippen MR) is 56.2 cm³/mol. The summed E-state index contributed by atoms with van der Waals surface area (Å²) in [4.78, 5) is 0. The summed E-state index contributed by atoms with van der Waals surface area (Å²) >= 11 is 0. The lowest BCUT2D eigenvalue weighted by Gasteiger charge is -2.01. The van der Waals surface area contributed by atoms with Crippen LogP contribution >= 0.6 is 0 Å². The summed E-state index contributed by atoms with van der Waals surface area (Å²) in [5.41, 5.74) is 7.74. The van der Waals surface area contributed by atoms with Crippen LogP contribution in [0, 0.1) is 12.7 Å². The minimum atomic E-state index is -0.288. The number of nitrogens with zero attached hydrogens (tertiary/aromatic N) is 2. The van der Waals surface area contributed by atoms with Crippen LogP contribution < -0.4 is 5.73 Å². The van der Waals surface area contributed by atoms with Crippen LogP contribution in [0.3, 0.4) is 0 Å². The molecule has 1 aromatic carbocycles. The SMILES string of the molecule is Cc1nn(-c2ccccc2F)cc1CN. The fraction of sp³-hybridized carbons (Fsp3) is 0.182. The lowest BCUT2D eigenvalue weighted by atomic mass is 10.3. The van der Waals surface area contributed by atoms with Gasteiger partial charge in [-0.15, -0.1) is 0 Å². The fourth-order valence-electron chi connectivity index (χ4n) is 1.46. The van der Waals surface area contributed by atoms with Gasteiger partial charge in [0, 0.05) is 18.3 Å². The highest BCUT2D eigenvalue weighted by molar-refractivity contribution is 5.34. The molecule has 0 saturated heterocycles. The molecule has 3 nitrogen and oxygen atoms in total. The molecule has 1 heterocycles. The first-order valence-electron chi connectivity index (χ1n) is 4.72. The lowest BCUT2D eigenvalue weighted by molar-refractivity contribution is 0.610. The number of aryl methyl sites for hydroxylation is 1. The van der Waals surface area contributed by atoms with Gasteiger partial charge in [0.1, 0.15) is 11.5 Å². The molecule has 2 rings (SSSR count). The number of benzene rings is 1. The molecular formula is C11H12FN3. The molecule has 0 bridgehead atoms. The van der Waals surface area contributed by atoms with Crippen LogP contribution in [-0.2, 0) is 6.54 Å². The number of halogens is 1. The highest BCUT2D eigenvalue weighted by atomic mass is 19.1. The zero-order valence-corrected chi connectivity index (χ0v) is 8.44. The van der Waals surface area contributed by atoms with E-state index in [1.165, 1.54) is 10.7 Å². The third kappa shape index (κ3) is 1.76. The van der Waals surface area contributed by atoms with Gasteiger partial charge >= 0.3 is 0 Å². The number of hydrogen-bond donors (Lipinski definition) is 1. The summed E-state index contributed by atoms with van der Waals surface area (Å²) in [6.45, 7) is 2.28. The molecule has 0 aliphatic carbocycles. The van der Waals surface area contributed by atoms with E-state index in [2.05, 4.69) is 5.10 Å². The molecule has 0 radical (unpaired) electrons. The average Bonchev–Trinajstić information content (AvgIpc) is 2.60. The smallest absolute Gasteiger partial charge is 0.148 e. The zero-order chi connectivity index (χ0) is 10.8. The van der Waals surface area contributed by atoms with Gasteiger partial charge in [-0.1, -0.05) is 12.1 Å². The number of rotatable bonds is 2. The third-order valence-electron chi connectivity index (χ3n) is 2.32. The molecule has 1 aromatic heterocycles. The Kier molecular flexibility index (Phi) is 2.51. The number of hydrogen-bond acceptors (Lipinski definition) is 2. The number of aromatic nitrogens is 2. The minimum Gasteiger partial charge on any atom is -0.326 e. The summed E-state index contributed by atoms with van der Waals surface area (Å²) in [5, 5.41) is 4.21. The molecule has 78 valence electrons. The van der Waals surface area contributed by atoms with Gasteiger partial charge in [-0.2, -0.15) is 5.10 Å². The van der Waals surface area contributed by atoms with E-state index in [1.807, 2.05) is 6.92 Å². The first kappa shape index (κ1) is 9.86. The monoisotopic (exact) mass is 205 g/mol. The maximum absolute atomic E-state index is 13.4. The Hall–Kier alpha value is -1.68. The van der Waals surface area contributed by atoms with Crippen LogP contribution in [0.15, 0.2) is 30.5 Å². The molecule has 2 aromatic rings. The third-order valence-corrected chi connectivity index (χ3v) is 2.32. The Morgan fingerprint density at radius 1 is 1.40 bits per heavy atom. The Labute approximate surface area is 87.3 Å². The molecule has 0 unspecified atom stereocenters. The van der Waals surface area contributed by atoms with Crippen molar-refractivity contribution in [2.24, 2.45) is 5.73 Å². The second-order valence-electron chi connectivity index (χ2n) is 3.34. The summed E-state index contributed by atoms with van der Waals surface area (Å²) in [6, 6.07) is 6.52. The van der Waals surface area contributed by atoms with E-state index in [1.54, 1.807) is 24.4 Å². The summed E-state index contributed by atoms with van der Waals surface area (Å²) in [6.07, 6.45) is 1.76. The van der Waals surface area contributed by atoms with Crippen molar-refractivity contribution in [2.45, 2.75) is 13.5 Å². The standard InChI is InChI=1S/C11H12FN3/c1-8-9(6-13)7-15(14-8)11-5-3-2-4-10(11)12/h2-5,7H,6,13H2,1H3. The number of nitrogens with two attached hydrogens (primary N) is 1. The zero-order valence-electron chi connectivity index (χ0n) is 8.44. The van der Waals surface area contributed by atoms with Crippen LogP contribution in [0.5, 0.6) is 0 Å². The van der Waals surface area contributed by atoms with Gasteiger partial charge in [-0.3, -0.25) is 0 Å². The van der Waals surface area contributed by atoms with Crippen molar-refractivity contribution in [3.63, 3.8) is 0 Å². The Morgan fingerprint density at radius 2 is 2.13 bits per heavy atom. The van der Waals surface area contributed by atoms with E-state index in [4.69, 9.17) is 5.73 Å². The van der Waals surface area contributed by atoms with Gasteiger partial charge in [-0.25, -0.2) is 9.07 Å². The molecule has 15 heavy (non-hydrogen) atoms. The maximum atomic E-state index is 13.4. The Balaban J connectivity index is 2.50. The van der Waals surface area contributed by atoms with Crippen LogP contribution in [0.25, 0.3) is 5.69 Å². The van der Waals surface area contributed by atoms with Crippen molar-refractivity contribution < 1.29 is 4.39 Å². The van der Waals surface area contributed by atoms with Crippen molar-refractivity contribution in [1.82, 2.24) is 9.78 Å². The van der Waals surface area contributed by atoms with Crippen molar-refractivity contribution >= 4 is 0 Å². The van der Waals surface area contributed by atoms with E-state index in [0.29, 0.717) is 12.2 Å². The molecule has 0 spiro atoms. The lowest BCUT2D eigenvalue weighted by Crippen LogP contribution is -1.98. The Morgan fingerprint density at radius 3 is 2.73 bits per heavy atom. The van der Waals surface area contributed by atoms with E-state index in [-0.39, 0.29) is 5.82 Å². The normalized spacial score (nSPS) is 10.6. The Bertz CT molecular complexity index is 476. The minimum absolute atomic E-state index is 0.288. The van der Waals surface area contributed by atoms with Crippen molar-refractivity contribution in [1.29, 1.82) is 0 Å². The molecule has 0 aliphatic rings. The van der Waals surface area contributed by atoms with Crippen LogP contribution in [-0.4, -0.2) is 9.78 Å². The molecule has 2 N–H and O–H groups in total. The molecule has 0 fully saturated rings. The predicted octanol–water partition coefficient (Wildman–Crippen LogP) is 1.78. The molecule has 0 atom stereocenters. The second-order valence-corrected chi connectivity index (χ2v) is 3.34. The molecular weight excluding hydrogens is 193 g/mol. The highest BCUT2D eigenvalue weighted by Gasteiger charge is 2.07. The van der Waals surface area contributed by atoms with Gasteiger partial charge in [0.05, 0.1) is 5.69 Å². The van der Waals surface area contributed by atoms with Gasteiger partial charge in [0.15, 0.2) is 0 Å². The van der Waals surface area contributed by atoms with Gasteiger partial charge < -0.3 is 5.73 Å². The second kappa shape index (κ2) is 3.82. The van der Waals surface area contributed by atoms with Crippen LogP contribution in [0.4, 0.5) is 4.39 Å². The van der Waals surface area contributed by atoms with E-state index < -0.39 is 0 Å². The van der Waals surface area contributed by atoms with Crippen LogP contribution in [0.2, 0.25) is 0 Å². The quantitative estimate of drug-likeness (QED) is 0.812. The first-order chi connectivity index (χ1) is 7.22. The molecule has 0 saturated carbocycles. The molecule has 0 aliphatic heterocycles. The van der Waals surface area contributed by atoms with E-state index >= 15 is 0 Å². The van der Waals surface area contributed by atoms with E-state index in [9.17, 15) is 4.39 Å². The molecule has 4 heteroatoms. The highest BCUT2D eigenvalue weighted by Crippen LogP contribution is 2.14. The van der Waals surface area contributed by atoms with E-state index in [0.717, 1.165) is 11.3 Å². The summed E-state index contributed by atoms with van der Waals surface area (Å²) in [5.74, 6) is -0.288. The van der Waals surface area contributed by atoms with Crippen molar-refractivity contribution in [3.8, 4) is 5.69 Å². The average molecular weight is 205 g/mol. The summed E-state index contributed by atoms with van der Waals surface area (Å²) < 4.78 is 14.9. The van der Waals surface area contributed by atoms with Crippen molar-refractivity contribution in [3.05, 3.63) is 47.5 Å². The largest absolute Gasteiger partial charge is 0.326 e. The first-order valence-corrected chi connectivity index (χ1v) is 4.72. The van der Waals surface area contributed by atoms with Gasteiger partial charge in [0.25, 0.3) is 0 Å². The fourth-order valence-corrected chi connectivity index (χ4v) is 1.46.